The van der Waals surface area contributed by atoms with Crippen LogP contribution < -0.4 is 10.1 Å². The second-order valence-electron chi connectivity index (χ2n) is 6.51. The molecule has 0 spiro atoms. The van der Waals surface area contributed by atoms with Crippen LogP contribution in [0.15, 0.2) is 83.8 Å². The Bertz CT molecular complexity index is 1260. The van der Waals surface area contributed by atoms with Crippen molar-refractivity contribution in [1.29, 1.82) is 0 Å². The van der Waals surface area contributed by atoms with Gasteiger partial charge in [-0.15, -0.1) is 0 Å². The lowest BCUT2D eigenvalue weighted by Gasteiger charge is -2.09. The van der Waals surface area contributed by atoms with Gasteiger partial charge in [0.1, 0.15) is 6.54 Å². The van der Waals surface area contributed by atoms with E-state index in [9.17, 15) is 9.90 Å². The number of pyridine rings is 1. The third kappa shape index (κ3) is 3.90. The van der Waals surface area contributed by atoms with Crippen LogP contribution in [0.1, 0.15) is 5.56 Å². The zero-order chi connectivity index (χ0) is 20.4. The van der Waals surface area contributed by atoms with Crippen LogP contribution in [0.4, 0.5) is 0 Å². The smallest absolute Gasteiger partial charge is 0.354 e. The zero-order valence-corrected chi connectivity index (χ0v) is 16.8. The first-order valence-electron chi connectivity index (χ1n) is 8.99. The maximum absolute atomic E-state index is 13.1. The van der Waals surface area contributed by atoms with Gasteiger partial charge in [0, 0.05) is 21.7 Å². The number of aromatic nitrogens is 2. The number of allylic oxidation sites excluding steroid dienone is 1. The molecule has 0 saturated carbocycles. The molecule has 6 heteroatoms. The first kappa shape index (κ1) is 19.2. The van der Waals surface area contributed by atoms with Crippen LogP contribution in [0.2, 0.25) is 10.0 Å². The van der Waals surface area contributed by atoms with Crippen molar-refractivity contribution < 1.29 is 9.67 Å². The highest BCUT2D eigenvalue weighted by Gasteiger charge is 2.24. The summed E-state index contributed by atoms with van der Waals surface area (Å²) in [5.74, 6) is -0.141. The van der Waals surface area contributed by atoms with Crippen LogP contribution in [0.3, 0.4) is 0 Å². The first-order chi connectivity index (χ1) is 14.0. The van der Waals surface area contributed by atoms with Crippen molar-refractivity contribution in [3.05, 3.63) is 105 Å². The van der Waals surface area contributed by atoms with E-state index in [4.69, 9.17) is 23.2 Å². The number of benzene rings is 2. The van der Waals surface area contributed by atoms with Crippen LogP contribution in [0, 0.1) is 0 Å². The fraction of sp³-hybridized carbons (Fsp3) is 0.0435. The summed E-state index contributed by atoms with van der Waals surface area (Å²) in [5.41, 5.74) is 1.88. The summed E-state index contributed by atoms with van der Waals surface area (Å²) < 4.78 is 3.17. The van der Waals surface area contributed by atoms with E-state index in [0.717, 1.165) is 5.56 Å². The number of rotatable bonds is 4. The normalized spacial score (nSPS) is 11.4. The molecular weight excluding hydrogens is 407 g/mol. The van der Waals surface area contributed by atoms with Crippen molar-refractivity contribution in [2.45, 2.75) is 6.54 Å². The lowest BCUT2D eigenvalue weighted by atomic mass is 10.1. The fourth-order valence-electron chi connectivity index (χ4n) is 3.27. The molecule has 0 saturated heterocycles. The van der Waals surface area contributed by atoms with Gasteiger partial charge in [0.05, 0.1) is 6.20 Å². The van der Waals surface area contributed by atoms with E-state index in [2.05, 4.69) is 0 Å². The molecule has 0 radical (unpaired) electrons. The van der Waals surface area contributed by atoms with E-state index in [-0.39, 0.29) is 17.0 Å². The predicted octanol–water partition coefficient (Wildman–Crippen LogP) is 4.98. The summed E-state index contributed by atoms with van der Waals surface area (Å²) in [6.45, 7) is 0.371. The monoisotopic (exact) mass is 423 g/mol. The molecule has 0 atom stereocenters. The van der Waals surface area contributed by atoms with Gasteiger partial charge in [0.25, 0.3) is 11.5 Å². The molecule has 2 aromatic heterocycles. The van der Waals surface area contributed by atoms with E-state index in [0.29, 0.717) is 27.8 Å². The minimum Gasteiger partial charge on any atom is -0.477 e. The molecular formula is C23H17Cl2N2O2+. The van der Waals surface area contributed by atoms with Gasteiger partial charge in [-0.25, -0.2) is 4.79 Å². The minimum absolute atomic E-state index is 0.141. The molecule has 29 heavy (non-hydrogen) atoms. The number of halogens is 2. The Morgan fingerprint density at radius 2 is 1.66 bits per heavy atom. The Labute approximate surface area is 177 Å². The van der Waals surface area contributed by atoms with Crippen molar-refractivity contribution in [1.82, 2.24) is 4.40 Å². The standard InChI is InChI=1S/C23H16Cl2N2O2/c24-18-13-17(14-19(25)15-18)21-22(28)26-11-5-4-10-20(26)27(23(21)29)12-6-9-16-7-2-1-3-8-16/h1-11,13-15H,12H2/p+1. The summed E-state index contributed by atoms with van der Waals surface area (Å²) in [7, 11) is 0. The molecule has 2 aromatic carbocycles. The number of nitrogens with zero attached hydrogens (tertiary/aromatic N) is 2. The summed E-state index contributed by atoms with van der Waals surface area (Å²) in [6, 6.07) is 20.1. The average Bonchev–Trinajstić information content (AvgIpc) is 2.71. The van der Waals surface area contributed by atoms with Gasteiger partial charge in [-0.2, -0.15) is 8.97 Å². The largest absolute Gasteiger partial charge is 0.477 e. The number of hydrogen-bond donors (Lipinski definition) is 1. The molecule has 0 aliphatic heterocycles. The van der Waals surface area contributed by atoms with Gasteiger partial charge in [0.2, 0.25) is 0 Å². The summed E-state index contributed by atoms with van der Waals surface area (Å²) in [4.78, 5) is 13.1. The predicted molar refractivity (Wildman–Crippen MR) is 116 cm³/mol. The maximum atomic E-state index is 13.1. The van der Waals surface area contributed by atoms with E-state index >= 15 is 0 Å². The molecule has 0 unspecified atom stereocenters. The number of aromatic hydroxyl groups is 1. The van der Waals surface area contributed by atoms with E-state index in [1.807, 2.05) is 48.6 Å². The van der Waals surface area contributed by atoms with E-state index in [1.54, 1.807) is 41.1 Å². The van der Waals surface area contributed by atoms with Crippen molar-refractivity contribution in [2.24, 2.45) is 0 Å². The molecule has 4 aromatic rings. The molecule has 4 rings (SSSR count). The highest BCUT2D eigenvalue weighted by molar-refractivity contribution is 6.35. The van der Waals surface area contributed by atoms with E-state index in [1.165, 1.54) is 4.40 Å². The van der Waals surface area contributed by atoms with Gasteiger partial charge in [-0.3, -0.25) is 0 Å². The van der Waals surface area contributed by atoms with Crippen molar-refractivity contribution in [2.75, 3.05) is 0 Å². The van der Waals surface area contributed by atoms with Gasteiger partial charge in [-0.05, 0) is 35.9 Å². The Kier molecular flexibility index (Phi) is 5.38. The lowest BCUT2D eigenvalue weighted by Crippen LogP contribution is -2.40. The Morgan fingerprint density at radius 1 is 0.966 bits per heavy atom. The maximum Gasteiger partial charge on any atom is 0.354 e. The van der Waals surface area contributed by atoms with Gasteiger partial charge in [0.15, 0.2) is 5.56 Å². The highest BCUT2D eigenvalue weighted by Crippen LogP contribution is 2.29. The van der Waals surface area contributed by atoms with Crippen LogP contribution in [0.25, 0.3) is 22.9 Å². The third-order valence-corrected chi connectivity index (χ3v) is 5.01. The Morgan fingerprint density at radius 3 is 2.38 bits per heavy atom. The molecule has 0 aliphatic rings. The Balaban J connectivity index is 1.89. The van der Waals surface area contributed by atoms with Crippen LogP contribution in [-0.2, 0) is 6.54 Å². The SMILES string of the molecule is O=c1c(-c2cc(Cl)cc(Cl)c2)c(O)[n+](CC=Cc2ccccc2)c2ccccn12. The zero-order valence-electron chi connectivity index (χ0n) is 15.3. The summed E-state index contributed by atoms with van der Waals surface area (Å²) in [5, 5.41) is 11.8. The molecule has 0 bridgehead atoms. The quantitative estimate of drug-likeness (QED) is 0.470. The molecule has 0 fully saturated rings. The molecule has 1 N–H and O–H groups in total. The summed E-state index contributed by atoms with van der Waals surface area (Å²) in [6.07, 6.45) is 5.57. The van der Waals surface area contributed by atoms with Crippen LogP contribution in [-0.4, -0.2) is 9.51 Å². The van der Waals surface area contributed by atoms with E-state index < -0.39 is 0 Å². The van der Waals surface area contributed by atoms with Crippen molar-refractivity contribution in [3.8, 4) is 17.0 Å². The molecule has 0 aliphatic carbocycles. The van der Waals surface area contributed by atoms with Crippen LogP contribution >= 0.6 is 23.2 Å². The Hall–Kier alpha value is -3.08. The fourth-order valence-corrected chi connectivity index (χ4v) is 3.80. The third-order valence-electron chi connectivity index (χ3n) is 4.58. The number of hydrogen-bond acceptors (Lipinski definition) is 2. The molecule has 4 nitrogen and oxygen atoms in total. The molecule has 144 valence electrons. The lowest BCUT2D eigenvalue weighted by molar-refractivity contribution is -0.670. The first-order valence-corrected chi connectivity index (χ1v) is 9.74. The van der Waals surface area contributed by atoms with Gasteiger partial charge < -0.3 is 5.11 Å². The molecule has 0 amide bonds. The molecule has 2 heterocycles. The minimum atomic E-state index is -0.347. The second-order valence-corrected chi connectivity index (χ2v) is 7.39. The average molecular weight is 424 g/mol. The van der Waals surface area contributed by atoms with Crippen LogP contribution in [0.5, 0.6) is 5.88 Å². The topological polar surface area (TPSA) is 45.6 Å². The van der Waals surface area contributed by atoms with Gasteiger partial charge in [-0.1, -0.05) is 65.7 Å². The van der Waals surface area contributed by atoms with Crippen molar-refractivity contribution in [3.63, 3.8) is 0 Å². The van der Waals surface area contributed by atoms with Crippen molar-refractivity contribution >= 4 is 34.9 Å². The summed E-state index contributed by atoms with van der Waals surface area (Å²) >= 11 is 12.2. The highest BCUT2D eigenvalue weighted by atomic mass is 35.5. The second kappa shape index (κ2) is 8.11. The number of fused-ring (bicyclic) bond motifs is 1. The van der Waals surface area contributed by atoms with Gasteiger partial charge >= 0.3 is 5.56 Å².